The summed E-state index contributed by atoms with van der Waals surface area (Å²) in [6.45, 7) is 6.03. The zero-order valence-electron chi connectivity index (χ0n) is 19.8. The number of anilines is 2. The Morgan fingerprint density at radius 1 is 0.778 bits per heavy atom. The fourth-order valence-corrected chi connectivity index (χ4v) is 6.37. The standard InChI is InChI=1S/C32H24ClNOS/c1-3-22-11-7-10-16-29(22)35-21(2)34(23-12-5-4-6-13-23)24-17-18-30-27(19-24)32-26-15-9-8-14-25(26)28(33)20-31(32)36-30/h3-21H,1H2,2H3. The monoisotopic (exact) mass is 505 g/mol. The van der Waals surface area contributed by atoms with Crippen molar-refractivity contribution in [1.82, 2.24) is 0 Å². The average molecular weight is 506 g/mol. The third-order valence-electron chi connectivity index (χ3n) is 6.52. The number of rotatable bonds is 6. The fraction of sp³-hybridized carbons (Fsp3) is 0.0625. The van der Waals surface area contributed by atoms with Gasteiger partial charge in [-0.05, 0) is 54.8 Å². The summed E-state index contributed by atoms with van der Waals surface area (Å²) < 4.78 is 8.95. The van der Waals surface area contributed by atoms with Crippen molar-refractivity contribution in [3.05, 3.63) is 120 Å². The van der Waals surface area contributed by atoms with Gasteiger partial charge in [-0.15, -0.1) is 11.3 Å². The molecule has 0 saturated carbocycles. The molecule has 6 rings (SSSR count). The topological polar surface area (TPSA) is 12.5 Å². The molecule has 1 unspecified atom stereocenters. The van der Waals surface area contributed by atoms with E-state index in [0.29, 0.717) is 0 Å². The predicted molar refractivity (Wildman–Crippen MR) is 157 cm³/mol. The van der Waals surface area contributed by atoms with Gasteiger partial charge in [-0.1, -0.05) is 84.9 Å². The molecule has 4 heteroatoms. The van der Waals surface area contributed by atoms with Crippen LogP contribution in [-0.2, 0) is 0 Å². The Labute approximate surface area is 219 Å². The van der Waals surface area contributed by atoms with E-state index in [0.717, 1.165) is 33.1 Å². The maximum Gasteiger partial charge on any atom is 0.173 e. The molecule has 0 aliphatic rings. The first-order valence-corrected chi connectivity index (χ1v) is 13.1. The van der Waals surface area contributed by atoms with E-state index in [1.807, 2.05) is 42.5 Å². The van der Waals surface area contributed by atoms with Gasteiger partial charge in [0, 0.05) is 47.5 Å². The van der Waals surface area contributed by atoms with Gasteiger partial charge in [0.2, 0.25) is 0 Å². The Morgan fingerprint density at radius 2 is 1.50 bits per heavy atom. The van der Waals surface area contributed by atoms with E-state index in [9.17, 15) is 0 Å². The van der Waals surface area contributed by atoms with E-state index in [1.54, 1.807) is 11.3 Å². The lowest BCUT2D eigenvalue weighted by Crippen LogP contribution is -2.33. The number of fused-ring (bicyclic) bond motifs is 5. The van der Waals surface area contributed by atoms with E-state index in [1.165, 1.54) is 25.6 Å². The van der Waals surface area contributed by atoms with Crippen LogP contribution in [0.15, 0.2) is 110 Å². The Bertz CT molecular complexity index is 1720. The maximum atomic E-state index is 6.64. The number of hydrogen-bond donors (Lipinski definition) is 0. The van der Waals surface area contributed by atoms with Gasteiger partial charge in [-0.2, -0.15) is 0 Å². The molecule has 0 bridgehead atoms. The Kier molecular flexibility index (Phi) is 5.88. The molecular weight excluding hydrogens is 482 g/mol. The van der Waals surface area contributed by atoms with Crippen LogP contribution in [0.3, 0.4) is 0 Å². The first kappa shape index (κ1) is 22.7. The summed E-state index contributed by atoms with van der Waals surface area (Å²) in [7, 11) is 0. The van der Waals surface area contributed by atoms with Gasteiger partial charge in [-0.25, -0.2) is 0 Å². The van der Waals surface area contributed by atoms with Crippen LogP contribution in [0.25, 0.3) is 37.0 Å². The van der Waals surface area contributed by atoms with E-state index in [4.69, 9.17) is 16.3 Å². The summed E-state index contributed by atoms with van der Waals surface area (Å²) in [4.78, 5) is 2.24. The summed E-state index contributed by atoms with van der Waals surface area (Å²) in [5, 5.41) is 5.52. The lowest BCUT2D eigenvalue weighted by molar-refractivity contribution is 0.227. The molecule has 176 valence electrons. The zero-order chi connectivity index (χ0) is 24.6. The quantitative estimate of drug-likeness (QED) is 0.209. The van der Waals surface area contributed by atoms with Gasteiger partial charge < -0.3 is 9.64 Å². The normalized spacial score (nSPS) is 12.2. The van der Waals surface area contributed by atoms with Gasteiger partial charge in [0.15, 0.2) is 6.23 Å². The van der Waals surface area contributed by atoms with Crippen molar-refractivity contribution < 1.29 is 4.74 Å². The number of benzene rings is 5. The molecule has 1 aromatic heterocycles. The summed E-state index contributed by atoms with van der Waals surface area (Å²) in [5.41, 5.74) is 3.10. The van der Waals surface area contributed by atoms with E-state index in [-0.39, 0.29) is 6.23 Å². The molecule has 0 aliphatic heterocycles. The molecule has 0 spiro atoms. The maximum absolute atomic E-state index is 6.64. The first-order valence-electron chi connectivity index (χ1n) is 11.9. The van der Waals surface area contributed by atoms with E-state index >= 15 is 0 Å². The molecule has 0 radical (unpaired) electrons. The molecule has 5 aromatic carbocycles. The van der Waals surface area contributed by atoms with Crippen molar-refractivity contribution in [2.75, 3.05) is 4.90 Å². The predicted octanol–water partition coefficient (Wildman–Crippen LogP) is 10.1. The minimum Gasteiger partial charge on any atom is -0.470 e. The number of nitrogens with zero attached hydrogens (tertiary/aromatic N) is 1. The van der Waals surface area contributed by atoms with Crippen molar-refractivity contribution in [1.29, 1.82) is 0 Å². The van der Waals surface area contributed by atoms with Crippen molar-refractivity contribution in [2.24, 2.45) is 0 Å². The van der Waals surface area contributed by atoms with Gasteiger partial charge in [0.05, 0.1) is 0 Å². The van der Waals surface area contributed by atoms with Crippen LogP contribution in [0, 0.1) is 0 Å². The van der Waals surface area contributed by atoms with E-state index in [2.05, 4.69) is 85.1 Å². The number of halogens is 1. The molecule has 2 nitrogen and oxygen atoms in total. The van der Waals surface area contributed by atoms with Gasteiger partial charge in [0.1, 0.15) is 5.75 Å². The average Bonchev–Trinajstić information content (AvgIpc) is 3.27. The number of thiophene rings is 1. The molecule has 0 fully saturated rings. The molecule has 0 N–H and O–H groups in total. The highest BCUT2D eigenvalue weighted by atomic mass is 35.5. The van der Waals surface area contributed by atoms with Crippen molar-refractivity contribution in [2.45, 2.75) is 13.2 Å². The molecule has 36 heavy (non-hydrogen) atoms. The highest BCUT2D eigenvalue weighted by molar-refractivity contribution is 7.26. The molecule has 1 heterocycles. The SMILES string of the molecule is C=Cc1ccccc1OC(C)N(c1ccccc1)c1ccc2sc3cc(Cl)c4ccccc4c3c2c1. The first-order chi connectivity index (χ1) is 17.6. The van der Waals surface area contributed by atoms with Crippen molar-refractivity contribution in [3.63, 3.8) is 0 Å². The number of para-hydroxylation sites is 2. The Hall–Kier alpha value is -3.79. The van der Waals surface area contributed by atoms with E-state index < -0.39 is 0 Å². The smallest absolute Gasteiger partial charge is 0.173 e. The molecule has 0 saturated heterocycles. The summed E-state index contributed by atoms with van der Waals surface area (Å²) in [6, 6.07) is 35.5. The van der Waals surface area contributed by atoms with Gasteiger partial charge in [-0.3, -0.25) is 0 Å². The third kappa shape index (κ3) is 3.91. The van der Waals surface area contributed by atoms with Crippen LogP contribution in [0.2, 0.25) is 5.02 Å². The Morgan fingerprint density at radius 3 is 2.31 bits per heavy atom. The van der Waals surface area contributed by atoms with Gasteiger partial charge in [0.25, 0.3) is 0 Å². The second kappa shape index (κ2) is 9.34. The minimum absolute atomic E-state index is 0.262. The highest BCUT2D eigenvalue weighted by Crippen LogP contribution is 2.43. The van der Waals surface area contributed by atoms with Gasteiger partial charge >= 0.3 is 0 Å². The second-order valence-corrected chi connectivity index (χ2v) is 10.2. The molecular formula is C32H24ClNOS. The summed E-state index contributed by atoms with van der Waals surface area (Å²) in [6.07, 6.45) is 1.57. The van der Waals surface area contributed by atoms with Crippen molar-refractivity contribution in [3.8, 4) is 5.75 Å². The molecule has 0 aliphatic carbocycles. The summed E-state index contributed by atoms with van der Waals surface area (Å²) in [5.74, 6) is 0.809. The van der Waals surface area contributed by atoms with Crippen LogP contribution in [0.1, 0.15) is 12.5 Å². The fourth-order valence-electron chi connectivity index (χ4n) is 4.89. The molecule has 6 aromatic rings. The highest BCUT2D eigenvalue weighted by Gasteiger charge is 2.21. The Balaban J connectivity index is 1.53. The van der Waals surface area contributed by atoms with Crippen LogP contribution >= 0.6 is 22.9 Å². The van der Waals surface area contributed by atoms with Crippen molar-refractivity contribution >= 4 is 71.3 Å². The summed E-state index contributed by atoms with van der Waals surface area (Å²) >= 11 is 8.42. The van der Waals surface area contributed by atoms with Crippen LogP contribution in [0.5, 0.6) is 5.75 Å². The molecule has 0 amide bonds. The second-order valence-electron chi connectivity index (χ2n) is 8.72. The number of ether oxygens (including phenoxy) is 1. The third-order valence-corrected chi connectivity index (χ3v) is 7.95. The lowest BCUT2D eigenvalue weighted by Gasteiger charge is -2.32. The zero-order valence-corrected chi connectivity index (χ0v) is 21.4. The van der Waals surface area contributed by atoms with Crippen LogP contribution < -0.4 is 9.64 Å². The number of hydrogen-bond acceptors (Lipinski definition) is 3. The largest absolute Gasteiger partial charge is 0.470 e. The molecule has 1 atom stereocenters. The minimum atomic E-state index is -0.262. The lowest BCUT2D eigenvalue weighted by atomic mass is 10.0. The van der Waals surface area contributed by atoms with Crippen LogP contribution in [0.4, 0.5) is 11.4 Å². The van der Waals surface area contributed by atoms with Crippen LogP contribution in [-0.4, -0.2) is 6.23 Å².